The molecule has 130 valence electrons. The molecule has 0 radical (unpaired) electrons. The number of hydrogen-bond acceptors (Lipinski definition) is 5. The number of aromatic amines is 1. The van der Waals surface area contributed by atoms with E-state index in [1.807, 2.05) is 6.92 Å². The second-order valence-electron chi connectivity index (χ2n) is 5.55. The van der Waals surface area contributed by atoms with E-state index in [9.17, 15) is 9.59 Å². The number of aryl methyl sites for hydroxylation is 1. The molecule has 1 aromatic carbocycles. The number of nitrogens with one attached hydrogen (secondary N) is 2. The fraction of sp³-hybridized carbons (Fsp3) is 0.111. The highest BCUT2D eigenvalue weighted by atomic mass is 32.2. The minimum absolute atomic E-state index is 0.151. The largest absolute Gasteiger partial charge is 0.296 e. The number of benzene rings is 1. The summed E-state index contributed by atoms with van der Waals surface area (Å²) in [5.41, 5.74) is 2.30. The lowest BCUT2D eigenvalue weighted by atomic mass is 10.1. The second kappa shape index (κ2) is 7.29. The minimum atomic E-state index is -0.220. The number of carbonyl (C=O) groups is 1. The van der Waals surface area contributed by atoms with Gasteiger partial charge in [-0.1, -0.05) is 12.1 Å². The fourth-order valence-electron chi connectivity index (χ4n) is 2.46. The van der Waals surface area contributed by atoms with Crippen molar-refractivity contribution in [2.24, 2.45) is 0 Å². The highest BCUT2D eigenvalue weighted by Gasteiger charge is 2.15. The third-order valence-electron chi connectivity index (χ3n) is 3.64. The van der Waals surface area contributed by atoms with Gasteiger partial charge < -0.3 is 0 Å². The van der Waals surface area contributed by atoms with Gasteiger partial charge in [-0.3, -0.25) is 19.4 Å². The van der Waals surface area contributed by atoms with Crippen molar-refractivity contribution < 1.29 is 4.79 Å². The molecular formula is C18H15N5O2S. The van der Waals surface area contributed by atoms with E-state index < -0.39 is 0 Å². The predicted molar refractivity (Wildman–Crippen MR) is 98.7 cm³/mol. The van der Waals surface area contributed by atoms with Gasteiger partial charge in [0.25, 0.3) is 5.56 Å². The smallest absolute Gasteiger partial charge is 0.280 e. The first-order chi connectivity index (χ1) is 12.5. The first-order valence-electron chi connectivity index (χ1n) is 7.71. The maximum absolute atomic E-state index is 12.8. The van der Waals surface area contributed by atoms with Crippen LogP contribution in [0.25, 0.3) is 16.9 Å². The van der Waals surface area contributed by atoms with Crippen LogP contribution in [0.2, 0.25) is 0 Å². The Morgan fingerprint density at radius 1 is 1.27 bits per heavy atom. The zero-order valence-corrected chi connectivity index (χ0v) is 14.9. The number of amides is 1. The van der Waals surface area contributed by atoms with Crippen molar-refractivity contribution in [3.63, 3.8) is 0 Å². The number of rotatable bonds is 4. The van der Waals surface area contributed by atoms with Gasteiger partial charge in [-0.05, 0) is 48.7 Å². The second-order valence-corrected chi connectivity index (χ2v) is 6.43. The van der Waals surface area contributed by atoms with Crippen LogP contribution >= 0.6 is 11.9 Å². The van der Waals surface area contributed by atoms with E-state index in [2.05, 4.69) is 20.9 Å². The van der Waals surface area contributed by atoms with Gasteiger partial charge >= 0.3 is 0 Å². The Morgan fingerprint density at radius 2 is 2.00 bits per heavy atom. The number of nitrogens with zero attached hydrogens (tertiary/aromatic N) is 3. The van der Waals surface area contributed by atoms with E-state index in [4.69, 9.17) is 5.26 Å². The molecule has 0 fully saturated rings. The van der Waals surface area contributed by atoms with E-state index in [1.165, 1.54) is 11.6 Å². The summed E-state index contributed by atoms with van der Waals surface area (Å²) in [5, 5.41) is 11.9. The van der Waals surface area contributed by atoms with E-state index in [0.29, 0.717) is 22.6 Å². The highest BCUT2D eigenvalue weighted by molar-refractivity contribution is 7.98. The van der Waals surface area contributed by atoms with Crippen molar-refractivity contribution >= 4 is 17.9 Å². The lowest BCUT2D eigenvalue weighted by molar-refractivity contribution is -0.117. The molecule has 0 aliphatic rings. The average molecular weight is 365 g/mol. The van der Waals surface area contributed by atoms with Gasteiger partial charge in [-0.25, -0.2) is 9.67 Å². The van der Waals surface area contributed by atoms with Gasteiger partial charge in [0, 0.05) is 23.7 Å². The average Bonchev–Trinajstić information content (AvgIpc) is 2.95. The van der Waals surface area contributed by atoms with Gasteiger partial charge in [0.2, 0.25) is 5.91 Å². The van der Waals surface area contributed by atoms with Crippen molar-refractivity contribution in [2.45, 2.75) is 18.7 Å². The van der Waals surface area contributed by atoms with Crippen LogP contribution < -0.4 is 10.3 Å². The summed E-state index contributed by atoms with van der Waals surface area (Å²) in [6.45, 7) is 3.24. The van der Waals surface area contributed by atoms with E-state index in [-0.39, 0.29) is 11.5 Å². The van der Waals surface area contributed by atoms with Crippen LogP contribution in [-0.4, -0.2) is 20.7 Å². The molecule has 0 unspecified atom stereocenters. The molecule has 2 aromatic heterocycles. The molecule has 0 bridgehead atoms. The SMILES string of the molecule is CC(=O)NSc1ccc(-n2[nH]c(C)c(-c3ccc(C#N)cc3)c2=O)nc1. The molecule has 1 amide bonds. The van der Waals surface area contributed by atoms with E-state index in [1.54, 1.807) is 42.6 Å². The summed E-state index contributed by atoms with van der Waals surface area (Å²) in [6.07, 6.45) is 1.58. The number of carbonyl (C=O) groups excluding carboxylic acids is 1. The number of hydrogen-bond donors (Lipinski definition) is 2. The van der Waals surface area contributed by atoms with Crippen LogP contribution in [0.5, 0.6) is 0 Å². The van der Waals surface area contributed by atoms with Crippen LogP contribution in [-0.2, 0) is 4.79 Å². The molecule has 0 saturated carbocycles. The maximum atomic E-state index is 12.8. The molecule has 26 heavy (non-hydrogen) atoms. The van der Waals surface area contributed by atoms with Crippen molar-refractivity contribution in [3.8, 4) is 23.0 Å². The summed E-state index contributed by atoms with van der Waals surface area (Å²) < 4.78 is 3.99. The van der Waals surface area contributed by atoms with Crippen LogP contribution in [0.15, 0.2) is 52.3 Å². The third kappa shape index (κ3) is 3.53. The quantitative estimate of drug-likeness (QED) is 0.692. The number of nitriles is 1. The van der Waals surface area contributed by atoms with Gasteiger partial charge in [-0.15, -0.1) is 0 Å². The Bertz CT molecular complexity index is 1040. The van der Waals surface area contributed by atoms with Gasteiger partial charge in [0.1, 0.15) is 0 Å². The summed E-state index contributed by atoms with van der Waals surface area (Å²) in [6, 6.07) is 12.4. The van der Waals surface area contributed by atoms with Crippen molar-refractivity contribution in [1.29, 1.82) is 5.26 Å². The first-order valence-corrected chi connectivity index (χ1v) is 8.53. The molecule has 3 aromatic rings. The standard InChI is InChI=1S/C18H15N5O2S/c1-11-17(14-5-3-13(9-19)4-6-14)18(25)23(21-11)16-8-7-15(10-20-16)26-22-12(2)24/h3-8,10,21H,1-2H3,(H,22,24). The van der Waals surface area contributed by atoms with Crippen LogP contribution in [0, 0.1) is 18.3 Å². The molecule has 0 aliphatic heterocycles. The molecular weight excluding hydrogens is 350 g/mol. The van der Waals surface area contributed by atoms with Gasteiger partial charge in [0.15, 0.2) is 5.82 Å². The maximum Gasteiger partial charge on any atom is 0.280 e. The molecule has 0 aliphatic carbocycles. The lowest BCUT2D eigenvalue weighted by Crippen LogP contribution is -2.17. The van der Waals surface area contributed by atoms with Crippen LogP contribution in [0.1, 0.15) is 18.2 Å². The molecule has 7 nitrogen and oxygen atoms in total. The summed E-state index contributed by atoms with van der Waals surface area (Å²) in [5.74, 6) is 0.299. The zero-order valence-electron chi connectivity index (χ0n) is 14.1. The molecule has 0 spiro atoms. The molecule has 2 N–H and O–H groups in total. The first kappa shape index (κ1) is 17.5. The van der Waals surface area contributed by atoms with Crippen molar-refractivity contribution in [1.82, 2.24) is 19.5 Å². The zero-order chi connectivity index (χ0) is 18.7. The normalized spacial score (nSPS) is 10.3. The van der Waals surface area contributed by atoms with Crippen LogP contribution in [0.3, 0.4) is 0 Å². The monoisotopic (exact) mass is 365 g/mol. The Kier molecular flexibility index (Phi) is 4.91. The van der Waals surface area contributed by atoms with Crippen molar-refractivity contribution in [2.75, 3.05) is 0 Å². The molecule has 0 saturated heterocycles. The summed E-state index contributed by atoms with van der Waals surface area (Å²) >= 11 is 1.16. The Morgan fingerprint density at radius 3 is 2.58 bits per heavy atom. The number of aromatic nitrogens is 3. The Hall–Kier alpha value is -3.31. The highest BCUT2D eigenvalue weighted by Crippen LogP contribution is 2.20. The molecule has 8 heteroatoms. The van der Waals surface area contributed by atoms with Gasteiger partial charge in [0.05, 0.1) is 17.2 Å². The third-order valence-corrected chi connectivity index (χ3v) is 4.50. The van der Waals surface area contributed by atoms with Crippen LogP contribution in [0.4, 0.5) is 0 Å². The summed E-state index contributed by atoms with van der Waals surface area (Å²) in [4.78, 5) is 28.8. The molecule has 2 heterocycles. The predicted octanol–water partition coefficient (Wildman–Crippen LogP) is 2.55. The van der Waals surface area contributed by atoms with Gasteiger partial charge in [-0.2, -0.15) is 5.26 Å². The summed E-state index contributed by atoms with van der Waals surface area (Å²) in [7, 11) is 0. The Balaban J connectivity index is 1.93. The number of pyridine rings is 1. The molecule has 3 rings (SSSR count). The lowest BCUT2D eigenvalue weighted by Gasteiger charge is -2.03. The van der Waals surface area contributed by atoms with E-state index >= 15 is 0 Å². The van der Waals surface area contributed by atoms with Crippen molar-refractivity contribution in [3.05, 3.63) is 64.2 Å². The van der Waals surface area contributed by atoms with E-state index in [0.717, 1.165) is 22.4 Å². The molecule has 0 atom stereocenters. The minimum Gasteiger partial charge on any atom is -0.296 e. The topological polar surface area (TPSA) is 104 Å². The number of H-pyrrole nitrogens is 1. The Labute approximate surface area is 153 Å². The fourth-order valence-corrected chi connectivity index (χ4v) is 2.96.